The second-order valence-corrected chi connectivity index (χ2v) is 5.18. The van der Waals surface area contributed by atoms with Crippen LogP contribution in [0, 0.1) is 5.92 Å². The topological polar surface area (TPSA) is 29.3 Å². The number of benzene rings is 1. The highest BCUT2D eigenvalue weighted by molar-refractivity contribution is 5.27. The second-order valence-electron chi connectivity index (χ2n) is 5.18. The average Bonchev–Trinajstić information content (AvgIpc) is 2.37. The molecule has 0 saturated carbocycles. The number of rotatable bonds is 2. The van der Waals surface area contributed by atoms with Gasteiger partial charge in [-0.05, 0) is 56.6 Å². The monoisotopic (exact) mass is 272 g/mol. The van der Waals surface area contributed by atoms with E-state index in [2.05, 4.69) is 4.90 Å². The standard InChI is InChI=1S/C14H19F3N2/c1-19-8-2-3-11(9-18)13(19)10-4-6-12(7-5-10)14(15,16)17/h4-7,11,13H,2-3,8-9,18H2,1H3. The van der Waals surface area contributed by atoms with Gasteiger partial charge in [-0.15, -0.1) is 0 Å². The van der Waals surface area contributed by atoms with E-state index in [-0.39, 0.29) is 6.04 Å². The molecule has 2 atom stereocenters. The van der Waals surface area contributed by atoms with Crippen LogP contribution in [0.5, 0.6) is 0 Å². The van der Waals surface area contributed by atoms with Crippen molar-refractivity contribution >= 4 is 0 Å². The number of hydrogen-bond donors (Lipinski definition) is 1. The fourth-order valence-electron chi connectivity index (χ4n) is 2.90. The molecular weight excluding hydrogens is 253 g/mol. The van der Waals surface area contributed by atoms with Gasteiger partial charge < -0.3 is 5.73 Å². The van der Waals surface area contributed by atoms with Crippen molar-refractivity contribution in [1.82, 2.24) is 4.90 Å². The molecule has 0 amide bonds. The van der Waals surface area contributed by atoms with Crippen LogP contribution in [0.25, 0.3) is 0 Å². The summed E-state index contributed by atoms with van der Waals surface area (Å²) >= 11 is 0. The molecule has 2 rings (SSSR count). The number of halogens is 3. The third kappa shape index (κ3) is 3.09. The zero-order valence-electron chi connectivity index (χ0n) is 11.0. The summed E-state index contributed by atoms with van der Waals surface area (Å²) in [4.78, 5) is 2.18. The highest BCUT2D eigenvalue weighted by Crippen LogP contribution is 2.36. The lowest BCUT2D eigenvalue weighted by molar-refractivity contribution is -0.137. The lowest BCUT2D eigenvalue weighted by Gasteiger charge is -2.39. The molecule has 106 valence electrons. The highest BCUT2D eigenvalue weighted by Gasteiger charge is 2.32. The van der Waals surface area contributed by atoms with Crippen molar-refractivity contribution in [3.8, 4) is 0 Å². The summed E-state index contributed by atoms with van der Waals surface area (Å²) in [5, 5.41) is 0. The van der Waals surface area contributed by atoms with Gasteiger partial charge in [0.2, 0.25) is 0 Å². The minimum absolute atomic E-state index is 0.126. The molecule has 1 aromatic rings. The first kappa shape index (κ1) is 14.3. The Bertz CT molecular complexity index is 414. The number of nitrogens with zero attached hydrogens (tertiary/aromatic N) is 1. The first-order chi connectivity index (χ1) is 8.93. The van der Waals surface area contributed by atoms with E-state index in [0.717, 1.165) is 37.1 Å². The molecular formula is C14H19F3N2. The Kier molecular flexibility index (Phi) is 4.16. The first-order valence-electron chi connectivity index (χ1n) is 6.51. The predicted octanol–water partition coefficient (Wildman–Crippen LogP) is 3.05. The Hall–Kier alpha value is -1.07. The number of nitrogens with two attached hydrogens (primary N) is 1. The van der Waals surface area contributed by atoms with Gasteiger partial charge in [-0.2, -0.15) is 13.2 Å². The van der Waals surface area contributed by atoms with Crippen molar-refractivity contribution in [3.05, 3.63) is 35.4 Å². The van der Waals surface area contributed by atoms with Gasteiger partial charge in [0, 0.05) is 6.04 Å². The minimum atomic E-state index is -4.27. The van der Waals surface area contributed by atoms with Gasteiger partial charge in [-0.25, -0.2) is 0 Å². The van der Waals surface area contributed by atoms with Crippen LogP contribution < -0.4 is 5.73 Å². The summed E-state index contributed by atoms with van der Waals surface area (Å²) in [6, 6.07) is 5.60. The zero-order valence-corrected chi connectivity index (χ0v) is 11.0. The summed E-state index contributed by atoms with van der Waals surface area (Å²) < 4.78 is 37.7. The Morgan fingerprint density at radius 2 is 1.89 bits per heavy atom. The van der Waals surface area contributed by atoms with E-state index >= 15 is 0 Å². The molecule has 1 fully saturated rings. The third-order valence-corrected chi connectivity index (χ3v) is 3.89. The van der Waals surface area contributed by atoms with E-state index in [1.165, 1.54) is 0 Å². The molecule has 0 aliphatic carbocycles. The van der Waals surface area contributed by atoms with Crippen LogP contribution in [0.1, 0.15) is 30.0 Å². The molecule has 1 aliphatic heterocycles. The Labute approximate surface area is 111 Å². The number of likely N-dealkylation sites (tertiary alicyclic amines) is 1. The largest absolute Gasteiger partial charge is 0.416 e. The van der Waals surface area contributed by atoms with Crippen molar-refractivity contribution in [1.29, 1.82) is 0 Å². The van der Waals surface area contributed by atoms with Crippen LogP contribution in [0.4, 0.5) is 13.2 Å². The molecule has 2 unspecified atom stereocenters. The van der Waals surface area contributed by atoms with Crippen LogP contribution in [0.15, 0.2) is 24.3 Å². The fourth-order valence-corrected chi connectivity index (χ4v) is 2.90. The molecule has 0 radical (unpaired) electrons. The Morgan fingerprint density at radius 1 is 1.26 bits per heavy atom. The number of alkyl halides is 3. The maximum absolute atomic E-state index is 12.6. The smallest absolute Gasteiger partial charge is 0.330 e. The molecule has 1 heterocycles. The van der Waals surface area contributed by atoms with Crippen LogP contribution in [0.3, 0.4) is 0 Å². The number of piperidine rings is 1. The highest BCUT2D eigenvalue weighted by atomic mass is 19.4. The summed E-state index contributed by atoms with van der Waals surface area (Å²) in [5.41, 5.74) is 6.11. The molecule has 1 aromatic carbocycles. The van der Waals surface area contributed by atoms with E-state index in [1.54, 1.807) is 12.1 Å². The van der Waals surface area contributed by atoms with E-state index in [0.29, 0.717) is 12.5 Å². The molecule has 0 spiro atoms. The maximum atomic E-state index is 12.6. The van der Waals surface area contributed by atoms with E-state index in [4.69, 9.17) is 5.73 Å². The molecule has 19 heavy (non-hydrogen) atoms. The minimum Gasteiger partial charge on any atom is -0.330 e. The van der Waals surface area contributed by atoms with E-state index in [1.807, 2.05) is 7.05 Å². The fraction of sp³-hybridized carbons (Fsp3) is 0.571. The lowest BCUT2D eigenvalue weighted by atomic mass is 9.85. The van der Waals surface area contributed by atoms with Gasteiger partial charge in [0.15, 0.2) is 0 Å². The quantitative estimate of drug-likeness (QED) is 0.896. The molecule has 1 saturated heterocycles. The second kappa shape index (κ2) is 5.51. The Morgan fingerprint density at radius 3 is 2.42 bits per heavy atom. The van der Waals surface area contributed by atoms with Gasteiger partial charge in [-0.3, -0.25) is 4.90 Å². The summed E-state index contributed by atoms with van der Waals surface area (Å²) in [6.07, 6.45) is -2.15. The predicted molar refractivity (Wildman–Crippen MR) is 68.6 cm³/mol. The van der Waals surface area contributed by atoms with Gasteiger partial charge in [0.25, 0.3) is 0 Å². The summed E-state index contributed by atoms with van der Waals surface area (Å²) in [6.45, 7) is 1.53. The van der Waals surface area contributed by atoms with Gasteiger partial charge in [-0.1, -0.05) is 12.1 Å². The van der Waals surface area contributed by atoms with Gasteiger partial charge in [0.1, 0.15) is 0 Å². The first-order valence-corrected chi connectivity index (χ1v) is 6.51. The molecule has 1 aliphatic rings. The molecule has 2 N–H and O–H groups in total. The van der Waals surface area contributed by atoms with Crippen molar-refractivity contribution in [3.63, 3.8) is 0 Å². The molecule has 5 heteroatoms. The van der Waals surface area contributed by atoms with E-state index in [9.17, 15) is 13.2 Å². The SMILES string of the molecule is CN1CCCC(CN)C1c1ccc(C(F)(F)F)cc1. The molecule has 0 aromatic heterocycles. The Balaban J connectivity index is 2.24. The van der Waals surface area contributed by atoms with Crippen molar-refractivity contribution in [2.24, 2.45) is 11.7 Å². The van der Waals surface area contributed by atoms with Crippen molar-refractivity contribution in [2.45, 2.75) is 25.1 Å². The molecule has 0 bridgehead atoms. The van der Waals surface area contributed by atoms with E-state index < -0.39 is 11.7 Å². The molecule has 2 nitrogen and oxygen atoms in total. The van der Waals surface area contributed by atoms with Crippen LogP contribution in [-0.2, 0) is 6.18 Å². The lowest BCUT2D eigenvalue weighted by Crippen LogP contribution is -2.39. The summed E-state index contributed by atoms with van der Waals surface area (Å²) in [5.74, 6) is 0.315. The van der Waals surface area contributed by atoms with Crippen LogP contribution in [-0.4, -0.2) is 25.0 Å². The third-order valence-electron chi connectivity index (χ3n) is 3.89. The maximum Gasteiger partial charge on any atom is 0.416 e. The van der Waals surface area contributed by atoms with Crippen LogP contribution >= 0.6 is 0 Å². The zero-order chi connectivity index (χ0) is 14.0. The number of hydrogen-bond acceptors (Lipinski definition) is 2. The normalized spacial score (nSPS) is 25.5. The average molecular weight is 272 g/mol. The van der Waals surface area contributed by atoms with Gasteiger partial charge >= 0.3 is 6.18 Å². The van der Waals surface area contributed by atoms with Gasteiger partial charge in [0.05, 0.1) is 5.56 Å². The summed E-state index contributed by atoms with van der Waals surface area (Å²) in [7, 11) is 2.00. The van der Waals surface area contributed by atoms with Crippen molar-refractivity contribution < 1.29 is 13.2 Å². The van der Waals surface area contributed by atoms with Crippen molar-refractivity contribution in [2.75, 3.05) is 20.1 Å². The van der Waals surface area contributed by atoms with Crippen LogP contribution in [0.2, 0.25) is 0 Å².